The number of rotatable bonds is 2. The molecule has 9 rings (SSSR count). The Kier molecular flexibility index (Phi) is 4.62. The number of ether oxygens (including phenoxy) is 1. The average molecular weight is 542 g/mol. The zero-order chi connectivity index (χ0) is 28.2. The van der Waals surface area contributed by atoms with Gasteiger partial charge in [0.15, 0.2) is 0 Å². The van der Waals surface area contributed by atoms with Gasteiger partial charge in [0.2, 0.25) is 0 Å². The first-order valence-electron chi connectivity index (χ1n) is 14.9. The largest absolute Gasteiger partial charge is 0.481 e. The maximum Gasteiger partial charge on any atom is 0.135 e. The lowest BCUT2D eigenvalue weighted by Crippen LogP contribution is -2.32. The highest BCUT2D eigenvalue weighted by Gasteiger charge is 2.45. The molecule has 0 saturated heterocycles. The van der Waals surface area contributed by atoms with Gasteiger partial charge in [-0.25, -0.2) is 0 Å². The molecule has 0 N–H and O–H groups in total. The van der Waals surface area contributed by atoms with Crippen LogP contribution in [-0.4, -0.2) is 10.2 Å². The Labute approximate surface area is 246 Å². The van der Waals surface area contributed by atoms with Crippen LogP contribution in [0.3, 0.4) is 0 Å². The Balaban J connectivity index is 1.42. The van der Waals surface area contributed by atoms with Crippen molar-refractivity contribution in [2.24, 2.45) is 0 Å². The number of hydrogen-bond donors (Lipinski definition) is 0. The molecule has 202 valence electrons. The van der Waals surface area contributed by atoms with E-state index in [0.29, 0.717) is 0 Å². The third-order valence-electron chi connectivity index (χ3n) is 9.94. The highest BCUT2D eigenvalue weighted by atomic mass is 16.5. The topological polar surface area (TPSA) is 14.2 Å². The first-order valence-corrected chi connectivity index (χ1v) is 14.9. The van der Waals surface area contributed by atoms with Crippen LogP contribution in [-0.2, 0) is 5.41 Å². The van der Waals surface area contributed by atoms with Gasteiger partial charge in [0.05, 0.1) is 16.4 Å². The first-order chi connectivity index (χ1) is 20.5. The molecule has 2 heterocycles. The molecule has 42 heavy (non-hydrogen) atoms. The second-order valence-electron chi connectivity index (χ2n) is 12.7. The molecule has 5 aromatic carbocycles. The summed E-state index contributed by atoms with van der Waals surface area (Å²) in [6, 6.07) is 38.0. The summed E-state index contributed by atoms with van der Waals surface area (Å²) in [5.74, 6) is 1.17. The van der Waals surface area contributed by atoms with Crippen molar-refractivity contribution in [2.45, 2.75) is 37.7 Å². The van der Waals surface area contributed by atoms with Crippen molar-refractivity contribution in [1.29, 1.82) is 0 Å². The number of hydrogen-bond acceptors (Lipinski definition) is 1. The van der Waals surface area contributed by atoms with E-state index >= 15 is 0 Å². The predicted octanol–water partition coefficient (Wildman–Crippen LogP) is 10.1. The maximum atomic E-state index is 6.96. The minimum absolute atomic E-state index is 0.0670. The number of nitrogens with zero attached hydrogens (tertiary/aromatic N) is 1. The third kappa shape index (κ3) is 2.99. The summed E-state index contributed by atoms with van der Waals surface area (Å²) in [7, 11) is 0. The molecule has 1 unspecified atom stereocenters. The van der Waals surface area contributed by atoms with Crippen molar-refractivity contribution in [3.63, 3.8) is 0 Å². The van der Waals surface area contributed by atoms with E-state index in [1.165, 1.54) is 60.8 Å². The SMILES string of the molecule is CC1(C)c2ccccc2-c2ccc(-c3cc4c(c5c6ccccc6n(-c6ccccc6)c35)O[C@@]3(C)C=CC=CC43)cc21. The number of para-hydroxylation sites is 2. The van der Waals surface area contributed by atoms with Gasteiger partial charge in [-0.1, -0.05) is 105 Å². The predicted molar refractivity (Wildman–Crippen MR) is 174 cm³/mol. The fourth-order valence-corrected chi connectivity index (χ4v) is 7.88. The van der Waals surface area contributed by atoms with E-state index < -0.39 is 5.60 Å². The third-order valence-corrected chi connectivity index (χ3v) is 9.94. The van der Waals surface area contributed by atoms with Gasteiger partial charge < -0.3 is 9.30 Å². The lowest BCUT2D eigenvalue weighted by molar-refractivity contribution is 0.157. The van der Waals surface area contributed by atoms with E-state index in [0.717, 1.165) is 11.4 Å². The second kappa shape index (κ2) is 8.14. The number of benzene rings is 5. The molecule has 1 aliphatic heterocycles. The molecule has 0 saturated carbocycles. The Hall–Kier alpha value is -4.82. The average Bonchev–Trinajstić information content (AvgIpc) is 3.60. The summed E-state index contributed by atoms with van der Waals surface area (Å²) >= 11 is 0. The standard InChI is InChI=1S/C40H31NO/c1-39(2)32-17-9-7-15-27(32)28-21-20-25(23-34(28)39)30-24-31-33-18-11-12-22-40(33,3)42-38(31)36-29-16-8-10-19-35(29)41(37(30)36)26-13-5-4-6-14-26/h4-24,33H,1-3H3/t33?,40-/m0/s1. The van der Waals surface area contributed by atoms with Crippen LogP contribution in [0.2, 0.25) is 0 Å². The molecule has 2 atom stereocenters. The quantitative estimate of drug-likeness (QED) is 0.213. The molecule has 1 aromatic heterocycles. The molecule has 0 fully saturated rings. The van der Waals surface area contributed by atoms with Crippen molar-refractivity contribution in [1.82, 2.24) is 4.57 Å². The van der Waals surface area contributed by atoms with Crippen LogP contribution >= 0.6 is 0 Å². The maximum absolute atomic E-state index is 6.96. The summed E-state index contributed by atoms with van der Waals surface area (Å²) < 4.78 is 9.40. The molecular formula is C40H31NO. The van der Waals surface area contributed by atoms with Crippen molar-refractivity contribution in [3.8, 4) is 33.7 Å². The van der Waals surface area contributed by atoms with Crippen LogP contribution in [0.1, 0.15) is 43.4 Å². The van der Waals surface area contributed by atoms with E-state index in [-0.39, 0.29) is 11.3 Å². The molecule has 2 nitrogen and oxygen atoms in total. The van der Waals surface area contributed by atoms with Gasteiger partial charge in [-0.05, 0) is 71.1 Å². The summed E-state index contributed by atoms with van der Waals surface area (Å²) in [5.41, 5.74) is 12.3. The molecule has 0 radical (unpaired) electrons. The monoisotopic (exact) mass is 541 g/mol. The minimum atomic E-state index is -0.403. The van der Waals surface area contributed by atoms with Crippen molar-refractivity contribution < 1.29 is 4.74 Å². The molecule has 6 aromatic rings. The fraction of sp³-hybridized carbons (Fsp3) is 0.150. The van der Waals surface area contributed by atoms with Gasteiger partial charge in [-0.2, -0.15) is 0 Å². The molecular weight excluding hydrogens is 510 g/mol. The first kappa shape index (κ1) is 23.8. The van der Waals surface area contributed by atoms with Gasteiger partial charge in [0.25, 0.3) is 0 Å². The summed E-state index contributed by atoms with van der Waals surface area (Å²) in [5, 5.41) is 2.42. The Bertz CT molecular complexity index is 2160. The van der Waals surface area contributed by atoms with Crippen LogP contribution < -0.4 is 4.74 Å². The van der Waals surface area contributed by atoms with E-state index in [9.17, 15) is 0 Å². The molecule has 0 spiro atoms. The van der Waals surface area contributed by atoms with Crippen LogP contribution in [0.25, 0.3) is 49.7 Å². The molecule has 0 bridgehead atoms. The van der Waals surface area contributed by atoms with E-state index in [1.807, 2.05) is 0 Å². The Morgan fingerprint density at radius 1 is 0.690 bits per heavy atom. The summed E-state index contributed by atoms with van der Waals surface area (Å²) in [4.78, 5) is 0. The van der Waals surface area contributed by atoms with E-state index in [2.05, 4.69) is 153 Å². The van der Waals surface area contributed by atoms with E-state index in [4.69, 9.17) is 4.74 Å². The van der Waals surface area contributed by atoms with Gasteiger partial charge >= 0.3 is 0 Å². The molecule has 2 heteroatoms. The summed E-state index contributed by atoms with van der Waals surface area (Å²) in [6.45, 7) is 6.94. The van der Waals surface area contributed by atoms with Gasteiger partial charge in [0.1, 0.15) is 11.4 Å². The number of aromatic nitrogens is 1. The van der Waals surface area contributed by atoms with E-state index in [1.54, 1.807) is 0 Å². The highest BCUT2D eigenvalue weighted by Crippen LogP contribution is 2.56. The Morgan fingerprint density at radius 2 is 1.45 bits per heavy atom. The zero-order valence-corrected chi connectivity index (χ0v) is 24.1. The number of fused-ring (bicyclic) bond motifs is 10. The Morgan fingerprint density at radius 3 is 2.33 bits per heavy atom. The lowest BCUT2D eigenvalue weighted by Gasteiger charge is -2.27. The van der Waals surface area contributed by atoms with Gasteiger partial charge in [0, 0.05) is 33.5 Å². The second-order valence-corrected chi connectivity index (χ2v) is 12.7. The minimum Gasteiger partial charge on any atom is -0.481 e. The molecule has 2 aliphatic carbocycles. The summed E-state index contributed by atoms with van der Waals surface area (Å²) in [6.07, 6.45) is 8.81. The normalized spacial score (nSPS) is 20.8. The highest BCUT2D eigenvalue weighted by molar-refractivity contribution is 6.17. The molecule has 0 amide bonds. The lowest BCUT2D eigenvalue weighted by atomic mass is 9.80. The van der Waals surface area contributed by atoms with Gasteiger partial charge in [-0.15, -0.1) is 0 Å². The van der Waals surface area contributed by atoms with Crippen LogP contribution in [0.4, 0.5) is 0 Å². The fourth-order valence-electron chi connectivity index (χ4n) is 7.88. The van der Waals surface area contributed by atoms with Crippen molar-refractivity contribution in [3.05, 3.63) is 144 Å². The van der Waals surface area contributed by atoms with Gasteiger partial charge in [-0.3, -0.25) is 0 Å². The zero-order valence-electron chi connectivity index (χ0n) is 24.1. The van der Waals surface area contributed by atoms with Crippen LogP contribution in [0.15, 0.2) is 127 Å². The molecule has 3 aliphatic rings. The van der Waals surface area contributed by atoms with Crippen molar-refractivity contribution in [2.75, 3.05) is 0 Å². The van der Waals surface area contributed by atoms with Crippen LogP contribution in [0, 0.1) is 0 Å². The number of allylic oxidation sites excluding steroid dienone is 2. The smallest absolute Gasteiger partial charge is 0.135 e. The van der Waals surface area contributed by atoms with Crippen LogP contribution in [0.5, 0.6) is 5.75 Å². The van der Waals surface area contributed by atoms with Crippen molar-refractivity contribution >= 4 is 21.8 Å².